The standard InChI is InChI=1S/C17H34O/c1-7-10-11-13-15(4)18-17(5,6)14-16(9-3)12-8-2/h16H,4,7-14H2,1-3,5-6H3. The molecule has 0 rings (SSSR count). The molecule has 0 radical (unpaired) electrons. The van der Waals surface area contributed by atoms with Crippen LogP contribution in [0.2, 0.25) is 0 Å². The maximum atomic E-state index is 6.07. The Bertz CT molecular complexity index is 218. The molecule has 0 aromatic heterocycles. The van der Waals surface area contributed by atoms with Crippen LogP contribution in [-0.4, -0.2) is 5.60 Å². The van der Waals surface area contributed by atoms with E-state index < -0.39 is 0 Å². The summed E-state index contributed by atoms with van der Waals surface area (Å²) in [5.74, 6) is 1.76. The number of unbranched alkanes of at least 4 members (excludes halogenated alkanes) is 2. The van der Waals surface area contributed by atoms with Gasteiger partial charge in [0.05, 0.1) is 5.76 Å². The first kappa shape index (κ1) is 17.5. The summed E-state index contributed by atoms with van der Waals surface area (Å²) in [6.07, 6.45) is 9.73. The van der Waals surface area contributed by atoms with Gasteiger partial charge in [0.2, 0.25) is 0 Å². The molecule has 0 saturated carbocycles. The van der Waals surface area contributed by atoms with Crippen LogP contribution >= 0.6 is 0 Å². The van der Waals surface area contributed by atoms with Gasteiger partial charge in [0.15, 0.2) is 0 Å². The van der Waals surface area contributed by atoms with Crippen LogP contribution in [0.3, 0.4) is 0 Å². The van der Waals surface area contributed by atoms with E-state index in [9.17, 15) is 0 Å². The summed E-state index contributed by atoms with van der Waals surface area (Å²) in [7, 11) is 0. The van der Waals surface area contributed by atoms with E-state index in [1.165, 1.54) is 38.5 Å². The fraction of sp³-hybridized carbons (Fsp3) is 0.882. The lowest BCUT2D eigenvalue weighted by Crippen LogP contribution is -2.27. The van der Waals surface area contributed by atoms with Crippen molar-refractivity contribution in [1.29, 1.82) is 0 Å². The molecule has 108 valence electrons. The molecule has 1 atom stereocenters. The maximum absolute atomic E-state index is 6.07. The Morgan fingerprint density at radius 1 is 1.11 bits per heavy atom. The van der Waals surface area contributed by atoms with Gasteiger partial charge in [0, 0.05) is 6.42 Å². The van der Waals surface area contributed by atoms with Crippen LogP contribution in [0.25, 0.3) is 0 Å². The lowest BCUT2D eigenvalue weighted by atomic mass is 9.88. The summed E-state index contributed by atoms with van der Waals surface area (Å²) in [5, 5.41) is 0. The second-order valence-electron chi connectivity index (χ2n) is 6.12. The molecular formula is C17H34O. The van der Waals surface area contributed by atoms with Crippen molar-refractivity contribution < 1.29 is 4.74 Å². The summed E-state index contributed by atoms with van der Waals surface area (Å²) in [5.41, 5.74) is -0.0564. The highest BCUT2D eigenvalue weighted by molar-refractivity contribution is 4.87. The third-order valence-electron chi connectivity index (χ3n) is 3.53. The van der Waals surface area contributed by atoms with E-state index in [1.807, 2.05) is 0 Å². The third-order valence-corrected chi connectivity index (χ3v) is 3.53. The van der Waals surface area contributed by atoms with Crippen molar-refractivity contribution >= 4 is 0 Å². The molecule has 0 amide bonds. The van der Waals surface area contributed by atoms with Crippen molar-refractivity contribution in [2.75, 3.05) is 0 Å². The van der Waals surface area contributed by atoms with Gasteiger partial charge in [-0.25, -0.2) is 0 Å². The molecule has 0 fully saturated rings. The molecule has 0 N–H and O–H groups in total. The van der Waals surface area contributed by atoms with Gasteiger partial charge in [-0.05, 0) is 32.6 Å². The molecule has 0 aromatic rings. The first-order valence-electron chi connectivity index (χ1n) is 7.81. The van der Waals surface area contributed by atoms with Crippen molar-refractivity contribution in [3.8, 4) is 0 Å². The predicted octanol–water partition coefficient (Wildman–Crippen LogP) is 6.09. The van der Waals surface area contributed by atoms with Crippen LogP contribution in [0.4, 0.5) is 0 Å². The Hall–Kier alpha value is -0.460. The summed E-state index contributed by atoms with van der Waals surface area (Å²) < 4.78 is 6.07. The lowest BCUT2D eigenvalue weighted by molar-refractivity contribution is 0.00773. The highest BCUT2D eigenvalue weighted by atomic mass is 16.5. The topological polar surface area (TPSA) is 9.23 Å². The number of hydrogen-bond acceptors (Lipinski definition) is 1. The third kappa shape index (κ3) is 8.60. The van der Waals surface area contributed by atoms with Crippen molar-refractivity contribution in [2.45, 2.75) is 91.6 Å². The van der Waals surface area contributed by atoms with E-state index in [4.69, 9.17) is 4.74 Å². The van der Waals surface area contributed by atoms with Crippen molar-refractivity contribution in [1.82, 2.24) is 0 Å². The molecule has 1 unspecified atom stereocenters. The van der Waals surface area contributed by atoms with Crippen LogP contribution in [-0.2, 0) is 4.74 Å². The quantitative estimate of drug-likeness (QED) is 0.320. The molecule has 0 saturated heterocycles. The van der Waals surface area contributed by atoms with E-state index in [0.29, 0.717) is 0 Å². The largest absolute Gasteiger partial charge is 0.493 e. The second-order valence-corrected chi connectivity index (χ2v) is 6.12. The SMILES string of the molecule is C=C(CCCCC)OC(C)(C)CC(CC)CCC. The number of hydrogen-bond donors (Lipinski definition) is 0. The fourth-order valence-corrected chi connectivity index (χ4v) is 2.61. The van der Waals surface area contributed by atoms with E-state index in [-0.39, 0.29) is 5.60 Å². The molecular weight excluding hydrogens is 220 g/mol. The number of ether oxygens (including phenoxy) is 1. The van der Waals surface area contributed by atoms with E-state index >= 15 is 0 Å². The Kier molecular flexibility index (Phi) is 9.23. The molecule has 0 bridgehead atoms. The Morgan fingerprint density at radius 3 is 2.28 bits per heavy atom. The predicted molar refractivity (Wildman–Crippen MR) is 81.8 cm³/mol. The van der Waals surface area contributed by atoms with Crippen LogP contribution in [0.5, 0.6) is 0 Å². The Morgan fingerprint density at radius 2 is 1.78 bits per heavy atom. The molecule has 18 heavy (non-hydrogen) atoms. The summed E-state index contributed by atoms with van der Waals surface area (Å²) in [6, 6.07) is 0. The maximum Gasteiger partial charge on any atom is 0.103 e. The van der Waals surface area contributed by atoms with Crippen molar-refractivity contribution in [3.05, 3.63) is 12.3 Å². The van der Waals surface area contributed by atoms with Gasteiger partial charge >= 0.3 is 0 Å². The van der Waals surface area contributed by atoms with Crippen molar-refractivity contribution in [2.24, 2.45) is 5.92 Å². The van der Waals surface area contributed by atoms with E-state index in [2.05, 4.69) is 41.2 Å². The summed E-state index contributed by atoms with van der Waals surface area (Å²) in [6.45, 7) is 15.3. The first-order valence-corrected chi connectivity index (χ1v) is 7.81. The van der Waals surface area contributed by atoms with E-state index in [1.54, 1.807) is 0 Å². The van der Waals surface area contributed by atoms with Gasteiger partial charge in [-0.2, -0.15) is 0 Å². The van der Waals surface area contributed by atoms with Crippen LogP contribution in [0, 0.1) is 5.92 Å². The smallest absolute Gasteiger partial charge is 0.103 e. The van der Waals surface area contributed by atoms with Crippen molar-refractivity contribution in [3.63, 3.8) is 0 Å². The molecule has 0 aliphatic heterocycles. The van der Waals surface area contributed by atoms with Gasteiger partial charge in [0.25, 0.3) is 0 Å². The molecule has 0 heterocycles. The minimum absolute atomic E-state index is 0.0564. The zero-order valence-electron chi connectivity index (χ0n) is 13.3. The van der Waals surface area contributed by atoms with Gasteiger partial charge < -0.3 is 4.74 Å². The normalized spacial score (nSPS) is 13.4. The van der Waals surface area contributed by atoms with Crippen LogP contribution < -0.4 is 0 Å². The average Bonchev–Trinajstić information content (AvgIpc) is 2.27. The minimum atomic E-state index is -0.0564. The van der Waals surface area contributed by atoms with Gasteiger partial charge in [-0.1, -0.05) is 59.5 Å². The van der Waals surface area contributed by atoms with Crippen LogP contribution in [0.15, 0.2) is 12.3 Å². The Labute approximate surface area is 115 Å². The fourth-order valence-electron chi connectivity index (χ4n) is 2.61. The molecule has 0 aliphatic carbocycles. The second kappa shape index (κ2) is 9.47. The average molecular weight is 254 g/mol. The zero-order valence-corrected chi connectivity index (χ0v) is 13.3. The monoisotopic (exact) mass is 254 g/mol. The first-order chi connectivity index (χ1) is 8.45. The summed E-state index contributed by atoms with van der Waals surface area (Å²) in [4.78, 5) is 0. The molecule has 0 aromatic carbocycles. The van der Waals surface area contributed by atoms with Crippen LogP contribution in [0.1, 0.15) is 86.0 Å². The van der Waals surface area contributed by atoms with Gasteiger partial charge in [0.1, 0.15) is 5.60 Å². The number of allylic oxidation sites excluding steroid dienone is 1. The zero-order chi connectivity index (χ0) is 14.0. The minimum Gasteiger partial charge on any atom is -0.493 e. The highest BCUT2D eigenvalue weighted by Crippen LogP contribution is 2.28. The summed E-state index contributed by atoms with van der Waals surface area (Å²) >= 11 is 0. The molecule has 0 aliphatic rings. The number of rotatable bonds is 11. The molecule has 1 heteroatoms. The Balaban J connectivity index is 4.07. The van der Waals surface area contributed by atoms with E-state index in [0.717, 1.165) is 24.5 Å². The van der Waals surface area contributed by atoms with Gasteiger partial charge in [-0.3, -0.25) is 0 Å². The highest BCUT2D eigenvalue weighted by Gasteiger charge is 2.24. The molecule has 1 nitrogen and oxygen atoms in total. The lowest BCUT2D eigenvalue weighted by Gasteiger charge is -2.31. The van der Waals surface area contributed by atoms with Gasteiger partial charge in [-0.15, -0.1) is 0 Å². The molecule has 0 spiro atoms.